The third-order valence-corrected chi connectivity index (χ3v) is 5.23. The number of rotatable bonds is 5. The van der Waals surface area contributed by atoms with E-state index < -0.39 is 41.6 Å². The third kappa shape index (κ3) is 4.39. The monoisotopic (exact) mass is 424 g/mol. The highest BCUT2D eigenvalue weighted by atomic mass is 16.8. The predicted octanol–water partition coefficient (Wildman–Crippen LogP) is 2.89. The second kappa shape index (κ2) is 8.26. The van der Waals surface area contributed by atoms with Gasteiger partial charge in [0.25, 0.3) is 0 Å². The summed E-state index contributed by atoms with van der Waals surface area (Å²) < 4.78 is 22.9. The van der Waals surface area contributed by atoms with Gasteiger partial charge in [-0.25, -0.2) is 9.59 Å². The van der Waals surface area contributed by atoms with Crippen molar-refractivity contribution in [2.24, 2.45) is 0 Å². The molecule has 1 saturated heterocycles. The van der Waals surface area contributed by atoms with Crippen LogP contribution >= 0.6 is 0 Å². The van der Waals surface area contributed by atoms with Gasteiger partial charge in [-0.1, -0.05) is 36.4 Å². The maximum absolute atomic E-state index is 12.4. The number of esters is 2. The van der Waals surface area contributed by atoms with Crippen molar-refractivity contribution < 1.29 is 33.6 Å². The van der Waals surface area contributed by atoms with Gasteiger partial charge in [-0.05, 0) is 50.3 Å². The van der Waals surface area contributed by atoms with Crippen LogP contribution in [0.15, 0.2) is 72.8 Å². The minimum absolute atomic E-state index is 0.165. The van der Waals surface area contributed by atoms with Gasteiger partial charge >= 0.3 is 11.9 Å². The van der Waals surface area contributed by atoms with Crippen LogP contribution in [-0.2, 0) is 18.9 Å². The first-order valence-electron chi connectivity index (χ1n) is 10.0. The van der Waals surface area contributed by atoms with Crippen molar-refractivity contribution in [2.45, 2.75) is 43.5 Å². The Morgan fingerprint density at radius 3 is 2.16 bits per heavy atom. The lowest BCUT2D eigenvalue weighted by Crippen LogP contribution is -2.56. The first-order chi connectivity index (χ1) is 14.8. The van der Waals surface area contributed by atoms with E-state index in [0.717, 1.165) is 0 Å². The number of aliphatic hydroxyl groups excluding tert-OH is 1. The standard InChI is InChI=1S/C24H24O7/c1-23(2)30-20-19(25)18(29-22(27)17-11-7-4-8-12-17)13-14-24(20,31-23)15-28-21(26)16-9-5-3-6-10-16/h3-14,18-20,25H,15H2,1-2H3/t18-,19-,20+,24+/m0/s1. The van der Waals surface area contributed by atoms with Gasteiger partial charge in [0.2, 0.25) is 0 Å². The summed E-state index contributed by atoms with van der Waals surface area (Å²) >= 11 is 0. The number of carbonyl (C=O) groups excluding carboxylic acids is 2. The van der Waals surface area contributed by atoms with Crippen LogP contribution in [0.1, 0.15) is 34.6 Å². The molecule has 0 bridgehead atoms. The smallest absolute Gasteiger partial charge is 0.338 e. The van der Waals surface area contributed by atoms with Crippen LogP contribution in [0, 0.1) is 0 Å². The zero-order valence-corrected chi connectivity index (χ0v) is 17.3. The van der Waals surface area contributed by atoms with Gasteiger partial charge in [-0.2, -0.15) is 0 Å². The molecule has 7 nitrogen and oxygen atoms in total. The van der Waals surface area contributed by atoms with E-state index in [2.05, 4.69) is 0 Å². The number of aliphatic hydroxyl groups is 1. The van der Waals surface area contributed by atoms with Gasteiger partial charge < -0.3 is 24.1 Å². The molecular weight excluding hydrogens is 400 g/mol. The van der Waals surface area contributed by atoms with Crippen molar-refractivity contribution in [3.63, 3.8) is 0 Å². The molecule has 4 atom stereocenters. The Morgan fingerprint density at radius 1 is 0.968 bits per heavy atom. The van der Waals surface area contributed by atoms with E-state index in [1.165, 1.54) is 0 Å². The molecule has 4 rings (SSSR count). The van der Waals surface area contributed by atoms with Crippen molar-refractivity contribution in [1.82, 2.24) is 0 Å². The molecular formula is C24H24O7. The average Bonchev–Trinajstić information content (AvgIpc) is 3.07. The van der Waals surface area contributed by atoms with Crippen LogP contribution in [0.3, 0.4) is 0 Å². The summed E-state index contributed by atoms with van der Waals surface area (Å²) in [6, 6.07) is 17.1. The Labute approximate surface area is 180 Å². The van der Waals surface area contributed by atoms with Gasteiger partial charge in [0.1, 0.15) is 24.9 Å². The SMILES string of the molecule is CC1(C)O[C@@H]2[C@@H](O)[C@@H](OC(=O)c3ccccc3)C=C[C@]2(COC(=O)c2ccccc2)O1. The molecule has 0 saturated carbocycles. The largest absolute Gasteiger partial charge is 0.459 e. The molecule has 1 heterocycles. The van der Waals surface area contributed by atoms with Crippen molar-refractivity contribution in [2.75, 3.05) is 6.61 Å². The Balaban J connectivity index is 1.52. The summed E-state index contributed by atoms with van der Waals surface area (Å²) in [5.74, 6) is -2.11. The van der Waals surface area contributed by atoms with Crippen LogP contribution in [0.4, 0.5) is 0 Å². The molecule has 7 heteroatoms. The van der Waals surface area contributed by atoms with Crippen molar-refractivity contribution in [3.05, 3.63) is 83.9 Å². The fraction of sp³-hybridized carbons (Fsp3) is 0.333. The van der Waals surface area contributed by atoms with Gasteiger partial charge in [0.05, 0.1) is 11.1 Å². The molecule has 0 spiro atoms. The molecule has 0 aromatic heterocycles. The van der Waals surface area contributed by atoms with E-state index in [4.69, 9.17) is 18.9 Å². The van der Waals surface area contributed by atoms with Gasteiger partial charge in [-0.15, -0.1) is 0 Å². The lowest BCUT2D eigenvalue weighted by molar-refractivity contribution is -0.165. The molecule has 0 radical (unpaired) electrons. The summed E-state index contributed by atoms with van der Waals surface area (Å²) in [6.45, 7) is 3.25. The fourth-order valence-corrected chi connectivity index (χ4v) is 3.85. The lowest BCUT2D eigenvalue weighted by atomic mass is 9.85. The molecule has 2 aromatic carbocycles. The fourth-order valence-electron chi connectivity index (χ4n) is 3.85. The molecule has 1 aliphatic carbocycles. The highest BCUT2D eigenvalue weighted by Crippen LogP contribution is 2.43. The molecule has 2 aliphatic rings. The van der Waals surface area contributed by atoms with E-state index in [-0.39, 0.29) is 6.61 Å². The van der Waals surface area contributed by atoms with Crippen LogP contribution < -0.4 is 0 Å². The second-order valence-corrected chi connectivity index (χ2v) is 8.02. The number of benzene rings is 2. The van der Waals surface area contributed by atoms with Crippen LogP contribution in [-0.4, -0.2) is 53.4 Å². The summed E-state index contributed by atoms with van der Waals surface area (Å²) in [7, 11) is 0. The third-order valence-electron chi connectivity index (χ3n) is 5.23. The maximum atomic E-state index is 12.4. The Kier molecular flexibility index (Phi) is 5.66. The van der Waals surface area contributed by atoms with Crippen molar-refractivity contribution in [3.8, 4) is 0 Å². The first-order valence-corrected chi connectivity index (χ1v) is 10.0. The van der Waals surface area contributed by atoms with Gasteiger partial charge in [-0.3, -0.25) is 0 Å². The molecule has 1 fully saturated rings. The quantitative estimate of drug-likeness (QED) is 0.583. The number of hydrogen-bond donors (Lipinski definition) is 1. The zero-order valence-electron chi connectivity index (χ0n) is 17.3. The molecule has 2 aromatic rings. The zero-order chi connectivity index (χ0) is 22.1. The molecule has 1 aliphatic heterocycles. The topological polar surface area (TPSA) is 91.3 Å². The molecule has 162 valence electrons. The summed E-state index contributed by atoms with van der Waals surface area (Å²) in [4.78, 5) is 24.8. The Bertz CT molecular complexity index is 970. The van der Waals surface area contributed by atoms with E-state index in [9.17, 15) is 14.7 Å². The van der Waals surface area contributed by atoms with Crippen LogP contribution in [0.2, 0.25) is 0 Å². The molecule has 0 unspecified atom stereocenters. The lowest BCUT2D eigenvalue weighted by Gasteiger charge is -2.37. The first kappa shape index (κ1) is 21.2. The highest BCUT2D eigenvalue weighted by molar-refractivity contribution is 5.90. The van der Waals surface area contributed by atoms with E-state index >= 15 is 0 Å². The van der Waals surface area contributed by atoms with Crippen molar-refractivity contribution in [1.29, 1.82) is 0 Å². The minimum Gasteiger partial charge on any atom is -0.459 e. The Hall–Kier alpha value is -3.00. The number of carbonyl (C=O) groups is 2. The normalized spacial score (nSPS) is 28.5. The molecule has 0 amide bonds. The Morgan fingerprint density at radius 2 is 1.55 bits per heavy atom. The summed E-state index contributed by atoms with van der Waals surface area (Å²) in [5, 5.41) is 10.9. The van der Waals surface area contributed by atoms with Gasteiger partial charge in [0.15, 0.2) is 11.4 Å². The summed E-state index contributed by atoms with van der Waals surface area (Å²) in [5.41, 5.74) is -0.424. The number of hydrogen-bond acceptors (Lipinski definition) is 7. The maximum Gasteiger partial charge on any atom is 0.338 e. The van der Waals surface area contributed by atoms with Gasteiger partial charge in [0, 0.05) is 0 Å². The number of fused-ring (bicyclic) bond motifs is 1. The van der Waals surface area contributed by atoms with Crippen LogP contribution in [0.5, 0.6) is 0 Å². The number of ether oxygens (including phenoxy) is 4. The predicted molar refractivity (Wildman–Crippen MR) is 110 cm³/mol. The minimum atomic E-state index is -1.21. The molecule has 1 N–H and O–H groups in total. The van der Waals surface area contributed by atoms with Crippen molar-refractivity contribution >= 4 is 11.9 Å². The van der Waals surface area contributed by atoms with E-state index in [1.807, 2.05) is 0 Å². The van der Waals surface area contributed by atoms with E-state index in [0.29, 0.717) is 11.1 Å². The van der Waals surface area contributed by atoms with Crippen LogP contribution in [0.25, 0.3) is 0 Å². The average molecular weight is 424 g/mol. The van der Waals surface area contributed by atoms with E-state index in [1.54, 1.807) is 86.7 Å². The summed E-state index contributed by atoms with van der Waals surface area (Å²) in [6.07, 6.45) is 0.136. The highest BCUT2D eigenvalue weighted by Gasteiger charge is 2.59. The molecule has 31 heavy (non-hydrogen) atoms. The second-order valence-electron chi connectivity index (χ2n) is 8.02.